The van der Waals surface area contributed by atoms with Crippen molar-refractivity contribution in [1.29, 1.82) is 0 Å². The molecule has 2 aromatic rings. The van der Waals surface area contributed by atoms with Crippen molar-refractivity contribution < 1.29 is 22.4 Å². The number of fused-ring (bicyclic) bond motifs is 1. The van der Waals surface area contributed by atoms with Gasteiger partial charge in [-0.3, -0.25) is 4.79 Å². The lowest BCUT2D eigenvalue weighted by atomic mass is 10.1. The number of furan rings is 1. The monoisotopic (exact) mass is 378 g/mol. The molecule has 0 aliphatic carbocycles. The minimum atomic E-state index is -3.73. The topological polar surface area (TPSA) is 88.8 Å². The molecule has 2 heterocycles. The zero-order valence-electron chi connectivity index (χ0n) is 14.8. The average molecular weight is 378 g/mol. The molecule has 26 heavy (non-hydrogen) atoms. The maximum absolute atomic E-state index is 12.8. The van der Waals surface area contributed by atoms with Gasteiger partial charge < -0.3 is 14.5 Å². The molecule has 0 saturated heterocycles. The van der Waals surface area contributed by atoms with E-state index in [-0.39, 0.29) is 17.3 Å². The van der Waals surface area contributed by atoms with E-state index in [1.807, 2.05) is 6.92 Å². The fourth-order valence-electron chi connectivity index (χ4n) is 2.76. The summed E-state index contributed by atoms with van der Waals surface area (Å²) in [5, 5.41) is 2.75. The number of rotatable bonds is 7. The molecule has 0 radical (unpaired) electrons. The zero-order chi connectivity index (χ0) is 18.7. The lowest BCUT2D eigenvalue weighted by molar-refractivity contribution is -0.123. The second-order valence-corrected chi connectivity index (χ2v) is 8.28. The van der Waals surface area contributed by atoms with Crippen molar-refractivity contribution in [2.75, 3.05) is 12.4 Å². The Balaban J connectivity index is 1.80. The third kappa shape index (κ3) is 3.76. The first kappa shape index (κ1) is 18.5. The Bertz CT molecular complexity index is 877. The van der Waals surface area contributed by atoms with E-state index in [2.05, 4.69) is 5.32 Å². The molecule has 140 valence electrons. The summed E-state index contributed by atoms with van der Waals surface area (Å²) < 4.78 is 37.6. The highest BCUT2D eigenvalue weighted by atomic mass is 32.2. The van der Waals surface area contributed by atoms with Crippen LogP contribution in [0.3, 0.4) is 0 Å². The van der Waals surface area contributed by atoms with Crippen LogP contribution in [0.5, 0.6) is 5.75 Å². The summed E-state index contributed by atoms with van der Waals surface area (Å²) in [6, 6.07) is 7.92. The molecule has 1 aliphatic rings. The van der Waals surface area contributed by atoms with E-state index in [1.54, 1.807) is 18.2 Å². The van der Waals surface area contributed by atoms with Gasteiger partial charge in [-0.05, 0) is 43.2 Å². The molecule has 1 amide bonds. The first-order valence-electron chi connectivity index (χ1n) is 8.52. The normalized spacial score (nSPS) is 16.9. The summed E-state index contributed by atoms with van der Waals surface area (Å²) >= 11 is 0. The van der Waals surface area contributed by atoms with Gasteiger partial charge in [0.15, 0.2) is 6.10 Å². The van der Waals surface area contributed by atoms with Crippen molar-refractivity contribution in [2.24, 2.45) is 0 Å². The first-order chi connectivity index (χ1) is 12.4. The molecule has 0 saturated carbocycles. The van der Waals surface area contributed by atoms with Crippen LogP contribution in [0.15, 0.2) is 45.9 Å². The van der Waals surface area contributed by atoms with E-state index >= 15 is 0 Å². The number of anilines is 1. The third-order valence-corrected chi connectivity index (χ3v) is 6.06. The van der Waals surface area contributed by atoms with Crippen LogP contribution in [0, 0.1) is 0 Å². The number of amides is 1. The van der Waals surface area contributed by atoms with Gasteiger partial charge in [-0.25, -0.2) is 8.42 Å². The molecule has 0 fully saturated rings. The molecule has 1 aromatic carbocycles. The van der Waals surface area contributed by atoms with Crippen LogP contribution in [0.4, 0.5) is 5.69 Å². The van der Waals surface area contributed by atoms with E-state index in [0.29, 0.717) is 23.6 Å². The SMILES string of the molecule is CCCC[C@@H]1Oc2ccc(S(=O)(=O)N(C)Cc3ccco3)cc2NC1=O. The van der Waals surface area contributed by atoms with Crippen LogP contribution < -0.4 is 10.1 Å². The standard InChI is InChI=1S/C18H22N2O5S/c1-3-4-7-17-18(21)19-15-11-14(8-9-16(15)25-17)26(22,23)20(2)12-13-6-5-10-24-13/h5-6,8-11,17H,3-4,7,12H2,1-2H3,(H,19,21)/t17-/m0/s1. The number of nitrogens with one attached hydrogen (secondary N) is 1. The average Bonchev–Trinajstić information content (AvgIpc) is 3.12. The van der Waals surface area contributed by atoms with Crippen LogP contribution in [0.2, 0.25) is 0 Å². The quantitative estimate of drug-likeness (QED) is 0.800. The number of unbranched alkanes of at least 4 members (excludes halogenated alkanes) is 1. The fraction of sp³-hybridized carbons (Fsp3) is 0.389. The van der Waals surface area contributed by atoms with Gasteiger partial charge in [0.1, 0.15) is 11.5 Å². The van der Waals surface area contributed by atoms with Crippen molar-refractivity contribution in [1.82, 2.24) is 4.31 Å². The summed E-state index contributed by atoms with van der Waals surface area (Å²) in [6.45, 7) is 2.17. The van der Waals surface area contributed by atoms with Crippen molar-refractivity contribution in [2.45, 2.75) is 43.7 Å². The van der Waals surface area contributed by atoms with E-state index in [0.717, 1.165) is 12.8 Å². The van der Waals surface area contributed by atoms with Crippen molar-refractivity contribution in [3.63, 3.8) is 0 Å². The highest BCUT2D eigenvalue weighted by Gasteiger charge is 2.29. The molecule has 1 N–H and O–H groups in total. The summed E-state index contributed by atoms with van der Waals surface area (Å²) in [5.41, 5.74) is 0.371. The molecule has 0 bridgehead atoms. The fourth-order valence-corrected chi connectivity index (χ4v) is 3.92. The Morgan fingerprint density at radius 3 is 2.77 bits per heavy atom. The number of carbonyl (C=O) groups is 1. The molecule has 1 aromatic heterocycles. The smallest absolute Gasteiger partial charge is 0.265 e. The lowest BCUT2D eigenvalue weighted by Gasteiger charge is -2.26. The van der Waals surface area contributed by atoms with Crippen LogP contribution in [0.1, 0.15) is 31.9 Å². The van der Waals surface area contributed by atoms with Crippen LogP contribution in [-0.4, -0.2) is 31.8 Å². The van der Waals surface area contributed by atoms with E-state index in [1.165, 1.54) is 29.7 Å². The number of benzene rings is 1. The predicted octanol–water partition coefficient (Wildman–Crippen LogP) is 2.99. The van der Waals surface area contributed by atoms with Gasteiger partial charge in [0.2, 0.25) is 10.0 Å². The zero-order valence-corrected chi connectivity index (χ0v) is 15.6. The van der Waals surface area contributed by atoms with Crippen molar-refractivity contribution in [3.05, 3.63) is 42.4 Å². The number of carbonyl (C=O) groups excluding carboxylic acids is 1. The molecule has 3 rings (SSSR count). The highest BCUT2D eigenvalue weighted by molar-refractivity contribution is 7.89. The van der Waals surface area contributed by atoms with Gasteiger partial charge in [0.25, 0.3) is 5.91 Å². The van der Waals surface area contributed by atoms with Crippen molar-refractivity contribution >= 4 is 21.6 Å². The Labute approximate surface area is 153 Å². The summed E-state index contributed by atoms with van der Waals surface area (Å²) in [5.74, 6) is 0.784. The maximum Gasteiger partial charge on any atom is 0.265 e. The van der Waals surface area contributed by atoms with Gasteiger partial charge in [0.05, 0.1) is 23.4 Å². The number of sulfonamides is 1. The number of ether oxygens (including phenoxy) is 1. The Kier molecular flexibility index (Phi) is 5.33. The Hall–Kier alpha value is -2.32. The van der Waals surface area contributed by atoms with E-state index in [4.69, 9.17) is 9.15 Å². The summed E-state index contributed by atoms with van der Waals surface area (Å²) in [6.07, 6.45) is 3.45. The lowest BCUT2D eigenvalue weighted by Crippen LogP contribution is -2.37. The van der Waals surface area contributed by atoms with Gasteiger partial charge in [-0.1, -0.05) is 13.3 Å². The molecular weight excluding hydrogens is 356 g/mol. The van der Waals surface area contributed by atoms with Gasteiger partial charge in [-0.2, -0.15) is 4.31 Å². The molecule has 0 spiro atoms. The van der Waals surface area contributed by atoms with E-state index in [9.17, 15) is 13.2 Å². The second kappa shape index (κ2) is 7.51. The minimum Gasteiger partial charge on any atom is -0.478 e. The largest absolute Gasteiger partial charge is 0.478 e. The first-order valence-corrected chi connectivity index (χ1v) is 9.96. The van der Waals surface area contributed by atoms with Crippen molar-refractivity contribution in [3.8, 4) is 5.75 Å². The molecule has 0 unspecified atom stereocenters. The minimum absolute atomic E-state index is 0.0845. The Morgan fingerprint density at radius 1 is 1.27 bits per heavy atom. The molecule has 8 heteroatoms. The molecule has 7 nitrogen and oxygen atoms in total. The number of nitrogens with zero attached hydrogens (tertiary/aromatic N) is 1. The number of hydrogen-bond acceptors (Lipinski definition) is 5. The molecule has 1 atom stereocenters. The van der Waals surface area contributed by atoms with Crippen LogP contribution in [-0.2, 0) is 21.4 Å². The van der Waals surface area contributed by atoms with Gasteiger partial charge >= 0.3 is 0 Å². The predicted molar refractivity (Wildman–Crippen MR) is 96.4 cm³/mol. The second-order valence-electron chi connectivity index (χ2n) is 6.24. The maximum atomic E-state index is 12.8. The number of hydrogen-bond donors (Lipinski definition) is 1. The third-order valence-electron chi connectivity index (χ3n) is 4.26. The van der Waals surface area contributed by atoms with Gasteiger partial charge in [0, 0.05) is 7.05 Å². The Morgan fingerprint density at radius 2 is 2.08 bits per heavy atom. The summed E-state index contributed by atoms with van der Waals surface area (Å²) in [7, 11) is -2.25. The van der Waals surface area contributed by atoms with Crippen LogP contribution in [0.25, 0.3) is 0 Å². The van der Waals surface area contributed by atoms with Crippen LogP contribution >= 0.6 is 0 Å². The van der Waals surface area contributed by atoms with Gasteiger partial charge in [-0.15, -0.1) is 0 Å². The molecular formula is C18H22N2O5S. The van der Waals surface area contributed by atoms with E-state index < -0.39 is 16.1 Å². The highest BCUT2D eigenvalue weighted by Crippen LogP contribution is 2.33. The summed E-state index contributed by atoms with van der Waals surface area (Å²) in [4.78, 5) is 12.2. The molecule has 1 aliphatic heterocycles.